The predicted molar refractivity (Wildman–Crippen MR) is 118 cm³/mol. The van der Waals surface area contributed by atoms with Crippen LogP contribution in [0.5, 0.6) is 0 Å². The molecule has 2 fully saturated rings. The van der Waals surface area contributed by atoms with Crippen LogP contribution >= 0.6 is 0 Å². The molecule has 6 nitrogen and oxygen atoms in total. The van der Waals surface area contributed by atoms with E-state index < -0.39 is 48.0 Å². The van der Waals surface area contributed by atoms with Crippen molar-refractivity contribution in [2.24, 2.45) is 11.7 Å². The number of amides is 1. The number of aromatic nitrogens is 1. The fourth-order valence-corrected chi connectivity index (χ4v) is 4.67. The van der Waals surface area contributed by atoms with Crippen molar-refractivity contribution in [2.75, 3.05) is 19.0 Å². The van der Waals surface area contributed by atoms with Crippen molar-refractivity contribution in [1.29, 1.82) is 0 Å². The summed E-state index contributed by atoms with van der Waals surface area (Å²) in [6, 6.07) is 7.02. The van der Waals surface area contributed by atoms with Crippen molar-refractivity contribution in [3.63, 3.8) is 0 Å². The minimum atomic E-state index is -4.64. The number of ether oxygens (including phenoxy) is 1. The zero-order chi connectivity index (χ0) is 24.6. The van der Waals surface area contributed by atoms with Crippen LogP contribution in [0.3, 0.4) is 0 Å². The number of benzene rings is 1. The molecule has 0 bridgehead atoms. The Hall–Kier alpha value is -2.56. The van der Waals surface area contributed by atoms with Gasteiger partial charge < -0.3 is 21.1 Å². The van der Waals surface area contributed by atoms with Gasteiger partial charge in [0.25, 0.3) is 0 Å². The highest BCUT2D eigenvalue weighted by atomic mass is 19.4. The number of alkyl halides is 3. The molecule has 0 unspecified atom stereocenters. The summed E-state index contributed by atoms with van der Waals surface area (Å²) in [5.74, 6) is -1.06. The standard InChI is InChI=1S/C24H28F4N4O2/c1-34-22(24(26,27)28)13-20(31-14-22)21(33)32-19-12-15(2-5-18(19)25)6-9-23(29,16-3-4-16)17-7-10-30-11-8-17/h2,5,7-8,10-12,16,20,31H,3-4,6,9,13-14,29H2,1H3,(H,32,33)/t20-,22-,23+/m1/s1. The summed E-state index contributed by atoms with van der Waals surface area (Å²) in [5.41, 5.74) is 5.50. The third-order valence-electron chi connectivity index (χ3n) is 7.03. The van der Waals surface area contributed by atoms with E-state index in [1.54, 1.807) is 18.5 Å². The molecule has 0 radical (unpaired) electrons. The van der Waals surface area contributed by atoms with Crippen LogP contribution in [-0.2, 0) is 21.5 Å². The van der Waals surface area contributed by atoms with E-state index in [0.29, 0.717) is 18.8 Å². The normalized spacial score (nSPS) is 24.6. The first-order chi connectivity index (χ1) is 16.1. The largest absolute Gasteiger partial charge is 0.418 e. The van der Waals surface area contributed by atoms with Gasteiger partial charge in [0.15, 0.2) is 5.60 Å². The molecule has 4 rings (SSSR count). The molecule has 1 saturated heterocycles. The molecule has 1 amide bonds. The summed E-state index contributed by atoms with van der Waals surface area (Å²) in [6.45, 7) is -0.553. The molecule has 1 aromatic heterocycles. The van der Waals surface area contributed by atoms with E-state index >= 15 is 0 Å². The number of pyridine rings is 1. The van der Waals surface area contributed by atoms with Crippen molar-refractivity contribution < 1.29 is 27.1 Å². The van der Waals surface area contributed by atoms with Gasteiger partial charge in [0.05, 0.1) is 11.7 Å². The summed E-state index contributed by atoms with van der Waals surface area (Å²) in [6.07, 6.45) is 1.42. The number of nitrogens with two attached hydrogens (primary N) is 1. The minimum absolute atomic E-state index is 0.0795. The van der Waals surface area contributed by atoms with Gasteiger partial charge in [0.2, 0.25) is 5.91 Å². The quantitative estimate of drug-likeness (QED) is 0.502. The van der Waals surface area contributed by atoms with Crippen LogP contribution in [0.15, 0.2) is 42.7 Å². The van der Waals surface area contributed by atoms with Crippen molar-refractivity contribution in [3.8, 4) is 0 Å². The number of hydrogen-bond acceptors (Lipinski definition) is 5. The molecule has 1 aromatic carbocycles. The van der Waals surface area contributed by atoms with Crippen molar-refractivity contribution in [2.45, 2.75) is 55.5 Å². The molecule has 2 aromatic rings. The number of carbonyl (C=O) groups excluding carboxylic acids is 1. The summed E-state index contributed by atoms with van der Waals surface area (Å²) in [5, 5.41) is 4.97. The van der Waals surface area contributed by atoms with E-state index in [9.17, 15) is 22.4 Å². The van der Waals surface area contributed by atoms with Crippen molar-refractivity contribution >= 4 is 11.6 Å². The van der Waals surface area contributed by atoms with Gasteiger partial charge in [-0.05, 0) is 67.0 Å². The lowest BCUT2D eigenvalue weighted by atomic mass is 9.81. The van der Waals surface area contributed by atoms with Gasteiger partial charge in [0, 0.05) is 38.0 Å². The monoisotopic (exact) mass is 480 g/mol. The molecule has 2 heterocycles. The van der Waals surface area contributed by atoms with Gasteiger partial charge >= 0.3 is 6.18 Å². The van der Waals surface area contributed by atoms with Crippen molar-refractivity contribution in [3.05, 3.63) is 59.7 Å². The van der Waals surface area contributed by atoms with E-state index in [-0.39, 0.29) is 5.69 Å². The minimum Gasteiger partial charge on any atom is -0.367 e. The average molecular weight is 481 g/mol. The Morgan fingerprint density at radius 3 is 2.56 bits per heavy atom. The van der Waals surface area contributed by atoms with E-state index in [4.69, 9.17) is 10.5 Å². The maximum atomic E-state index is 14.4. The Bertz CT molecular complexity index is 1030. The fraction of sp³-hybridized carbons (Fsp3) is 0.500. The lowest BCUT2D eigenvalue weighted by Crippen LogP contribution is -2.48. The van der Waals surface area contributed by atoms with Crippen LogP contribution in [0.4, 0.5) is 23.2 Å². The summed E-state index contributed by atoms with van der Waals surface area (Å²) in [4.78, 5) is 16.7. The topological polar surface area (TPSA) is 89.3 Å². The first kappa shape index (κ1) is 24.6. The number of halogens is 4. The van der Waals surface area contributed by atoms with E-state index in [1.165, 1.54) is 12.1 Å². The second kappa shape index (κ2) is 9.24. The van der Waals surface area contributed by atoms with Crippen LogP contribution < -0.4 is 16.4 Å². The second-order valence-corrected chi connectivity index (χ2v) is 9.19. The van der Waals surface area contributed by atoms with Gasteiger partial charge in [-0.3, -0.25) is 9.78 Å². The van der Waals surface area contributed by atoms with Gasteiger partial charge in [-0.2, -0.15) is 13.2 Å². The average Bonchev–Trinajstić information content (AvgIpc) is 3.57. The molecule has 34 heavy (non-hydrogen) atoms. The van der Waals surface area contributed by atoms with Crippen molar-refractivity contribution in [1.82, 2.24) is 10.3 Å². The number of aryl methyl sites for hydroxylation is 1. The first-order valence-electron chi connectivity index (χ1n) is 11.2. The van der Waals surface area contributed by atoms with E-state index in [0.717, 1.165) is 31.1 Å². The Labute approximate surface area is 195 Å². The molecule has 10 heteroatoms. The Balaban J connectivity index is 1.44. The number of rotatable bonds is 8. The summed E-state index contributed by atoms with van der Waals surface area (Å²) in [7, 11) is 0.962. The second-order valence-electron chi connectivity index (χ2n) is 9.19. The molecule has 1 aliphatic carbocycles. The molecular weight excluding hydrogens is 452 g/mol. The number of hydrogen-bond donors (Lipinski definition) is 3. The van der Waals surface area contributed by atoms with Crippen LogP contribution in [0.1, 0.15) is 36.8 Å². The predicted octanol–water partition coefficient (Wildman–Crippen LogP) is 3.67. The highest BCUT2D eigenvalue weighted by Crippen LogP contribution is 2.46. The maximum Gasteiger partial charge on any atom is 0.418 e. The van der Waals surface area contributed by atoms with E-state index in [2.05, 4.69) is 15.6 Å². The van der Waals surface area contributed by atoms with Crippen LogP contribution in [-0.4, -0.2) is 42.4 Å². The Morgan fingerprint density at radius 1 is 1.26 bits per heavy atom. The zero-order valence-electron chi connectivity index (χ0n) is 18.8. The highest BCUT2D eigenvalue weighted by molar-refractivity contribution is 5.95. The number of nitrogens with one attached hydrogen (secondary N) is 2. The lowest BCUT2D eigenvalue weighted by Gasteiger charge is -2.30. The molecular formula is C24H28F4N4O2. The third kappa shape index (κ3) is 4.80. The number of carbonyl (C=O) groups is 1. The SMILES string of the molecule is CO[C@@]1(C(F)(F)F)CN[C@@H](C(=O)Nc2cc(CC[C@@](N)(c3ccncc3)C3CC3)ccc2F)C1. The van der Waals surface area contributed by atoms with Gasteiger partial charge in [-0.1, -0.05) is 6.07 Å². The summed E-state index contributed by atoms with van der Waals surface area (Å²) < 4.78 is 59.3. The molecule has 2 aliphatic rings. The first-order valence-corrected chi connectivity index (χ1v) is 11.2. The number of nitrogens with zero attached hydrogens (tertiary/aromatic N) is 1. The number of methoxy groups -OCH3 is 1. The summed E-state index contributed by atoms with van der Waals surface area (Å²) >= 11 is 0. The molecule has 3 atom stereocenters. The van der Waals surface area contributed by atoms with E-state index in [1.807, 2.05) is 12.1 Å². The van der Waals surface area contributed by atoms with Gasteiger partial charge in [0.1, 0.15) is 5.82 Å². The number of anilines is 1. The van der Waals surface area contributed by atoms with Gasteiger partial charge in [-0.25, -0.2) is 4.39 Å². The molecule has 4 N–H and O–H groups in total. The lowest BCUT2D eigenvalue weighted by molar-refractivity contribution is -0.261. The fourth-order valence-electron chi connectivity index (χ4n) is 4.67. The van der Waals surface area contributed by atoms with Crippen LogP contribution in [0.25, 0.3) is 0 Å². The van der Waals surface area contributed by atoms with Crippen LogP contribution in [0, 0.1) is 11.7 Å². The third-order valence-corrected chi connectivity index (χ3v) is 7.03. The molecule has 1 saturated carbocycles. The Kier molecular flexibility index (Phi) is 6.67. The highest BCUT2D eigenvalue weighted by Gasteiger charge is 2.60. The smallest absolute Gasteiger partial charge is 0.367 e. The zero-order valence-corrected chi connectivity index (χ0v) is 18.8. The molecule has 1 aliphatic heterocycles. The van der Waals surface area contributed by atoms with Crippen LogP contribution in [0.2, 0.25) is 0 Å². The maximum absolute atomic E-state index is 14.4. The Morgan fingerprint density at radius 2 is 1.97 bits per heavy atom. The molecule has 0 spiro atoms. The van der Waals surface area contributed by atoms with Gasteiger partial charge in [-0.15, -0.1) is 0 Å². The molecule has 184 valence electrons.